The lowest BCUT2D eigenvalue weighted by molar-refractivity contribution is 0.0757. The van der Waals surface area contributed by atoms with Crippen LogP contribution < -0.4 is 10.1 Å². The quantitative estimate of drug-likeness (QED) is 0.472. The summed E-state index contributed by atoms with van der Waals surface area (Å²) in [4.78, 5) is 11.7. The topological polar surface area (TPSA) is 66.0 Å². The molecule has 0 aliphatic carbocycles. The van der Waals surface area contributed by atoms with E-state index in [4.69, 9.17) is 18.9 Å². The third-order valence-corrected chi connectivity index (χ3v) is 6.12. The summed E-state index contributed by atoms with van der Waals surface area (Å²) in [6.45, 7) is 8.86. The molecule has 26 heavy (non-hydrogen) atoms. The van der Waals surface area contributed by atoms with Gasteiger partial charge in [0.15, 0.2) is 6.10 Å². The van der Waals surface area contributed by atoms with E-state index in [9.17, 15) is 4.79 Å². The molecule has 1 aromatic carbocycles. The van der Waals surface area contributed by atoms with Crippen molar-refractivity contribution in [3.05, 3.63) is 29.8 Å². The number of methoxy groups -OCH3 is 1. The smallest absolute Gasteiger partial charge is 0.408 e. The summed E-state index contributed by atoms with van der Waals surface area (Å²) in [6.07, 6.45) is 0.248. The molecule has 1 saturated heterocycles. The van der Waals surface area contributed by atoms with Crippen LogP contribution in [-0.4, -0.2) is 55.2 Å². The Kier molecular flexibility index (Phi) is 7.93. The maximum atomic E-state index is 11.7. The Bertz CT molecular complexity index is 564. The minimum Gasteiger partial charge on any atom is -0.491 e. The van der Waals surface area contributed by atoms with Crippen LogP contribution in [-0.2, 0) is 14.2 Å². The van der Waals surface area contributed by atoms with Gasteiger partial charge in [0.1, 0.15) is 12.4 Å². The van der Waals surface area contributed by atoms with Gasteiger partial charge >= 0.3 is 6.09 Å². The molecule has 0 bridgehead atoms. The van der Waals surface area contributed by atoms with Crippen molar-refractivity contribution in [1.82, 2.24) is 5.32 Å². The number of carbonyl (C=O) groups excluding carboxylic acids is 1. The third kappa shape index (κ3) is 6.30. The molecule has 1 amide bonds. The van der Waals surface area contributed by atoms with E-state index >= 15 is 0 Å². The number of cyclic esters (lactones) is 1. The van der Waals surface area contributed by atoms with Gasteiger partial charge in [-0.25, -0.2) is 4.79 Å². The molecule has 1 aromatic rings. The highest BCUT2D eigenvalue weighted by molar-refractivity contribution is 6.37. The Morgan fingerprint density at radius 2 is 1.92 bits per heavy atom. The van der Waals surface area contributed by atoms with Crippen molar-refractivity contribution in [2.75, 3.05) is 33.5 Å². The number of amides is 1. The number of hydrogen-bond donors (Lipinski definition) is 1. The van der Waals surface area contributed by atoms with Crippen molar-refractivity contribution in [3.63, 3.8) is 0 Å². The fraction of sp³-hybridized carbons (Fsp3) is 0.632. The molecule has 6 nitrogen and oxygen atoms in total. The molecule has 7 heteroatoms. The van der Waals surface area contributed by atoms with Crippen molar-refractivity contribution >= 4 is 15.6 Å². The number of ether oxygens (including phenoxy) is 4. The van der Waals surface area contributed by atoms with Gasteiger partial charge in [-0.05, 0) is 29.2 Å². The number of rotatable bonds is 11. The van der Waals surface area contributed by atoms with Gasteiger partial charge in [-0.1, -0.05) is 32.5 Å². The second-order valence-corrected chi connectivity index (χ2v) is 8.80. The van der Waals surface area contributed by atoms with Crippen molar-refractivity contribution < 1.29 is 23.7 Å². The lowest BCUT2D eigenvalue weighted by atomic mass is 10.0. The lowest BCUT2D eigenvalue weighted by Crippen LogP contribution is -2.33. The van der Waals surface area contributed by atoms with Crippen LogP contribution in [0.15, 0.2) is 24.3 Å². The molecule has 2 radical (unpaired) electrons. The summed E-state index contributed by atoms with van der Waals surface area (Å²) in [5, 5.41) is 3.14. The summed E-state index contributed by atoms with van der Waals surface area (Å²) >= 11 is 0. The average molecular weight is 380 g/mol. The lowest BCUT2D eigenvalue weighted by Gasteiger charge is -2.22. The summed E-state index contributed by atoms with van der Waals surface area (Å²) < 4.78 is 21.8. The largest absolute Gasteiger partial charge is 0.491 e. The zero-order valence-corrected chi connectivity index (χ0v) is 17.0. The zero-order valence-electron chi connectivity index (χ0n) is 16.0. The molecule has 2 atom stereocenters. The normalized spacial score (nSPS) is 19.9. The fourth-order valence-electron chi connectivity index (χ4n) is 2.55. The van der Waals surface area contributed by atoms with Crippen LogP contribution in [0.1, 0.15) is 31.9 Å². The Balaban J connectivity index is 1.87. The maximum Gasteiger partial charge on any atom is 0.408 e. The molecule has 1 aliphatic heterocycles. The molecule has 1 heterocycles. The molecule has 0 aromatic heterocycles. The first-order valence-corrected chi connectivity index (χ1v) is 10.4. The van der Waals surface area contributed by atoms with Crippen molar-refractivity contribution in [3.8, 4) is 5.75 Å². The predicted octanol–water partition coefficient (Wildman–Crippen LogP) is 3.22. The van der Waals surface area contributed by atoms with E-state index in [2.05, 4.69) is 25.7 Å². The zero-order chi connectivity index (χ0) is 19.0. The molecular weight excluding hydrogens is 350 g/mol. The second kappa shape index (κ2) is 9.94. The molecule has 144 valence electrons. The number of carbonyl (C=O) groups is 1. The van der Waals surface area contributed by atoms with E-state index in [-0.39, 0.29) is 12.1 Å². The first-order chi connectivity index (χ1) is 12.4. The third-order valence-electron chi connectivity index (χ3n) is 4.51. The number of benzene rings is 1. The van der Waals surface area contributed by atoms with Gasteiger partial charge in [0.05, 0.1) is 19.3 Å². The van der Waals surface area contributed by atoms with E-state index in [1.807, 2.05) is 24.3 Å². The highest BCUT2D eigenvalue weighted by atomic mass is 28.2. The average Bonchev–Trinajstić information content (AvgIpc) is 3.00. The van der Waals surface area contributed by atoms with Crippen LogP contribution in [0, 0.1) is 0 Å². The summed E-state index contributed by atoms with van der Waals surface area (Å²) in [5.41, 5.74) is 0.923. The SMILES string of the molecule is COCCOc1ccc([C@@H]2OC(=O)N[C@H]2COCCC(C)(C)[Si]C)cc1. The Hall–Kier alpha value is -1.57. The van der Waals surface area contributed by atoms with Crippen LogP contribution in [0.25, 0.3) is 0 Å². The van der Waals surface area contributed by atoms with Crippen molar-refractivity contribution in [2.24, 2.45) is 0 Å². The highest BCUT2D eigenvalue weighted by Crippen LogP contribution is 2.29. The fourth-order valence-corrected chi connectivity index (χ4v) is 2.90. The van der Waals surface area contributed by atoms with Gasteiger partial charge in [-0.15, -0.1) is 0 Å². The summed E-state index contributed by atoms with van der Waals surface area (Å²) in [6, 6.07) is 7.40. The van der Waals surface area contributed by atoms with Crippen LogP contribution in [0.2, 0.25) is 11.6 Å². The van der Waals surface area contributed by atoms with Crippen LogP contribution >= 0.6 is 0 Å². The molecule has 1 aliphatic rings. The minimum atomic E-state index is -0.403. The van der Waals surface area contributed by atoms with Crippen LogP contribution in [0.3, 0.4) is 0 Å². The monoisotopic (exact) mass is 379 g/mol. The Morgan fingerprint density at radius 1 is 1.19 bits per heavy atom. The second-order valence-electron chi connectivity index (χ2n) is 6.95. The van der Waals surface area contributed by atoms with Gasteiger partial charge in [0.2, 0.25) is 0 Å². The standard InChI is InChI=1S/C19H29NO5Si/c1-19(2,26-4)9-10-23-13-16-17(25-18(21)20-16)14-5-7-15(8-6-14)24-12-11-22-3/h5-8,16-17H,9-13H2,1-4H3,(H,20,21)/t16-,17-/m0/s1. The van der Waals surface area contributed by atoms with Crippen molar-refractivity contribution in [1.29, 1.82) is 0 Å². The van der Waals surface area contributed by atoms with Crippen LogP contribution in [0.5, 0.6) is 5.75 Å². The maximum absolute atomic E-state index is 11.7. The van der Waals surface area contributed by atoms with E-state index in [1.165, 1.54) is 0 Å². The van der Waals surface area contributed by atoms with Crippen molar-refractivity contribution in [2.45, 2.75) is 44.0 Å². The minimum absolute atomic E-state index is 0.185. The van der Waals surface area contributed by atoms with Gasteiger partial charge in [0.25, 0.3) is 0 Å². The molecule has 0 saturated carbocycles. The molecular formula is C19H29NO5Si. The van der Waals surface area contributed by atoms with E-state index in [0.717, 1.165) is 27.3 Å². The first-order valence-electron chi connectivity index (χ1n) is 8.90. The van der Waals surface area contributed by atoms with E-state index < -0.39 is 6.09 Å². The number of nitrogens with one attached hydrogen (secondary N) is 1. The Labute approximate surface area is 158 Å². The molecule has 1 fully saturated rings. The Morgan fingerprint density at radius 3 is 2.58 bits per heavy atom. The van der Waals surface area contributed by atoms with Gasteiger partial charge in [-0.2, -0.15) is 0 Å². The number of alkyl carbamates (subject to hydrolysis) is 1. The van der Waals surface area contributed by atoms with E-state index in [0.29, 0.717) is 31.5 Å². The van der Waals surface area contributed by atoms with Gasteiger partial charge in [-0.3, -0.25) is 0 Å². The predicted molar refractivity (Wildman–Crippen MR) is 101 cm³/mol. The molecule has 1 N–H and O–H groups in total. The van der Waals surface area contributed by atoms with Crippen LogP contribution in [0.4, 0.5) is 4.79 Å². The highest BCUT2D eigenvalue weighted by Gasteiger charge is 2.35. The molecule has 2 rings (SSSR count). The summed E-state index contributed by atoms with van der Waals surface area (Å²) in [5.74, 6) is 0.763. The number of hydrogen-bond acceptors (Lipinski definition) is 5. The summed E-state index contributed by atoms with van der Waals surface area (Å²) in [7, 11) is 2.51. The van der Waals surface area contributed by atoms with Gasteiger partial charge < -0.3 is 24.3 Å². The first kappa shape index (κ1) is 20.7. The molecule has 0 unspecified atom stereocenters. The molecule has 0 spiro atoms. The van der Waals surface area contributed by atoms with Gasteiger partial charge in [0, 0.05) is 23.2 Å². The van der Waals surface area contributed by atoms with E-state index in [1.54, 1.807) is 7.11 Å².